The van der Waals surface area contributed by atoms with E-state index in [1.165, 1.54) is 0 Å². The molecule has 2 aromatic carbocycles. The van der Waals surface area contributed by atoms with Gasteiger partial charge < -0.3 is 5.11 Å². The van der Waals surface area contributed by atoms with Crippen LogP contribution in [-0.2, 0) is 0 Å². The van der Waals surface area contributed by atoms with Crippen LogP contribution in [0.25, 0.3) is 0 Å². The molecule has 0 aromatic heterocycles. The molecule has 19 heavy (non-hydrogen) atoms. The van der Waals surface area contributed by atoms with E-state index in [-0.39, 0.29) is 17.5 Å². The topological polar surface area (TPSA) is 37.3 Å². The summed E-state index contributed by atoms with van der Waals surface area (Å²) in [5, 5.41) is 9.81. The largest absolute Gasteiger partial charge is 0.508 e. The van der Waals surface area contributed by atoms with Crippen LogP contribution >= 0.6 is 0 Å². The standard InChI is InChI=1S/C17H18O2/c1-11(2)14-10-16(18)12(3)9-15(14)17(19)13-7-5-4-6-8-13/h4-11,18H,1-3H3. The van der Waals surface area contributed by atoms with Crippen molar-refractivity contribution in [2.75, 3.05) is 0 Å². The highest BCUT2D eigenvalue weighted by Gasteiger charge is 2.17. The van der Waals surface area contributed by atoms with Crippen LogP contribution in [0.1, 0.15) is 46.8 Å². The first-order valence-electron chi connectivity index (χ1n) is 6.44. The SMILES string of the molecule is Cc1cc(C(=O)c2ccccc2)c(C(C)C)cc1O. The summed E-state index contributed by atoms with van der Waals surface area (Å²) in [5.41, 5.74) is 2.96. The van der Waals surface area contributed by atoms with Crippen LogP contribution < -0.4 is 0 Å². The van der Waals surface area contributed by atoms with Crippen molar-refractivity contribution in [2.24, 2.45) is 0 Å². The number of hydrogen-bond acceptors (Lipinski definition) is 2. The van der Waals surface area contributed by atoms with Crippen molar-refractivity contribution in [3.05, 3.63) is 64.7 Å². The van der Waals surface area contributed by atoms with Crippen molar-refractivity contribution in [1.82, 2.24) is 0 Å². The maximum Gasteiger partial charge on any atom is 0.193 e. The molecule has 0 heterocycles. The number of phenolic OH excluding ortho intramolecular Hbond substituents is 1. The fraction of sp³-hybridized carbons (Fsp3) is 0.235. The van der Waals surface area contributed by atoms with Crippen molar-refractivity contribution in [1.29, 1.82) is 0 Å². The molecule has 2 aromatic rings. The summed E-state index contributed by atoms with van der Waals surface area (Å²) < 4.78 is 0. The molecule has 0 aliphatic rings. The Morgan fingerprint density at radius 2 is 1.74 bits per heavy atom. The van der Waals surface area contributed by atoms with Gasteiger partial charge in [-0.1, -0.05) is 44.2 Å². The maximum atomic E-state index is 12.6. The van der Waals surface area contributed by atoms with Gasteiger partial charge in [-0.25, -0.2) is 0 Å². The summed E-state index contributed by atoms with van der Waals surface area (Å²) in [7, 11) is 0. The molecule has 0 saturated carbocycles. The number of carbonyl (C=O) groups is 1. The van der Waals surface area contributed by atoms with Crippen molar-refractivity contribution in [3.63, 3.8) is 0 Å². The molecule has 98 valence electrons. The molecule has 0 aliphatic heterocycles. The predicted molar refractivity (Wildman–Crippen MR) is 76.8 cm³/mol. The number of rotatable bonds is 3. The lowest BCUT2D eigenvalue weighted by atomic mass is 9.90. The second-order valence-electron chi connectivity index (χ2n) is 5.08. The van der Waals surface area contributed by atoms with Gasteiger partial charge in [0.1, 0.15) is 5.75 Å². The summed E-state index contributed by atoms with van der Waals surface area (Å²) in [5.74, 6) is 0.440. The van der Waals surface area contributed by atoms with Gasteiger partial charge in [0.25, 0.3) is 0 Å². The first-order valence-corrected chi connectivity index (χ1v) is 6.44. The van der Waals surface area contributed by atoms with Gasteiger partial charge >= 0.3 is 0 Å². The summed E-state index contributed by atoms with van der Waals surface area (Å²) in [6, 6.07) is 12.7. The summed E-state index contributed by atoms with van der Waals surface area (Å²) >= 11 is 0. The molecule has 0 bridgehead atoms. The Labute approximate surface area is 113 Å². The van der Waals surface area contributed by atoms with Crippen LogP contribution in [0.3, 0.4) is 0 Å². The minimum absolute atomic E-state index is 0.00685. The third kappa shape index (κ3) is 2.68. The van der Waals surface area contributed by atoms with Gasteiger partial charge in [0, 0.05) is 11.1 Å². The zero-order chi connectivity index (χ0) is 14.0. The zero-order valence-electron chi connectivity index (χ0n) is 11.5. The van der Waals surface area contributed by atoms with E-state index in [1.54, 1.807) is 19.1 Å². The molecular formula is C17H18O2. The molecule has 0 aliphatic carbocycles. The van der Waals surface area contributed by atoms with Gasteiger partial charge in [-0.3, -0.25) is 4.79 Å². The molecule has 2 rings (SSSR count). The van der Waals surface area contributed by atoms with Crippen molar-refractivity contribution in [3.8, 4) is 5.75 Å². The summed E-state index contributed by atoms with van der Waals surface area (Å²) in [4.78, 5) is 12.6. The number of aryl methyl sites for hydroxylation is 1. The number of phenols is 1. The Kier molecular flexibility index (Phi) is 3.70. The van der Waals surface area contributed by atoms with E-state index in [0.717, 1.165) is 11.1 Å². The highest BCUT2D eigenvalue weighted by Crippen LogP contribution is 2.29. The van der Waals surface area contributed by atoms with Crippen molar-refractivity contribution < 1.29 is 9.90 Å². The lowest BCUT2D eigenvalue weighted by Gasteiger charge is -2.14. The van der Waals surface area contributed by atoms with Crippen LogP contribution in [0.2, 0.25) is 0 Å². The first-order chi connectivity index (χ1) is 9.00. The van der Waals surface area contributed by atoms with Crippen LogP contribution in [0.15, 0.2) is 42.5 Å². The van der Waals surface area contributed by atoms with E-state index in [4.69, 9.17) is 0 Å². The van der Waals surface area contributed by atoms with E-state index in [9.17, 15) is 9.90 Å². The van der Waals surface area contributed by atoms with E-state index in [2.05, 4.69) is 0 Å². The Morgan fingerprint density at radius 3 is 2.32 bits per heavy atom. The molecule has 0 fully saturated rings. The molecule has 0 atom stereocenters. The van der Waals surface area contributed by atoms with E-state index >= 15 is 0 Å². The van der Waals surface area contributed by atoms with E-state index in [0.29, 0.717) is 11.1 Å². The average molecular weight is 254 g/mol. The normalized spacial score (nSPS) is 10.7. The van der Waals surface area contributed by atoms with Gasteiger partial charge in [0.2, 0.25) is 0 Å². The Bertz CT molecular complexity index is 598. The minimum atomic E-state index is 0.00685. The molecule has 2 nitrogen and oxygen atoms in total. The van der Waals surface area contributed by atoms with E-state index < -0.39 is 0 Å². The monoisotopic (exact) mass is 254 g/mol. The average Bonchev–Trinajstić information content (AvgIpc) is 2.41. The molecule has 0 saturated heterocycles. The Hall–Kier alpha value is -2.09. The molecule has 0 spiro atoms. The number of carbonyl (C=O) groups excluding carboxylic acids is 1. The first kappa shape index (κ1) is 13.3. The minimum Gasteiger partial charge on any atom is -0.508 e. The fourth-order valence-corrected chi connectivity index (χ4v) is 2.13. The lowest BCUT2D eigenvalue weighted by molar-refractivity contribution is 0.103. The van der Waals surface area contributed by atoms with E-state index in [1.807, 2.05) is 44.2 Å². The van der Waals surface area contributed by atoms with Gasteiger partial charge in [-0.05, 0) is 36.1 Å². The van der Waals surface area contributed by atoms with Crippen molar-refractivity contribution >= 4 is 5.78 Å². The number of hydrogen-bond donors (Lipinski definition) is 1. The number of aromatic hydroxyl groups is 1. The molecule has 0 unspecified atom stereocenters. The molecule has 0 radical (unpaired) electrons. The predicted octanol–water partition coefficient (Wildman–Crippen LogP) is 4.06. The van der Waals surface area contributed by atoms with Crippen molar-refractivity contribution in [2.45, 2.75) is 26.7 Å². The quantitative estimate of drug-likeness (QED) is 0.839. The highest BCUT2D eigenvalue weighted by molar-refractivity contribution is 6.10. The van der Waals surface area contributed by atoms with Crippen LogP contribution in [0, 0.1) is 6.92 Å². The van der Waals surface area contributed by atoms with Crippen LogP contribution in [0.4, 0.5) is 0 Å². The fourth-order valence-electron chi connectivity index (χ4n) is 2.13. The maximum absolute atomic E-state index is 12.6. The van der Waals surface area contributed by atoms with Crippen LogP contribution in [-0.4, -0.2) is 10.9 Å². The molecule has 1 N–H and O–H groups in total. The number of benzene rings is 2. The summed E-state index contributed by atoms with van der Waals surface area (Å²) in [6.45, 7) is 5.85. The number of ketones is 1. The van der Waals surface area contributed by atoms with Gasteiger partial charge in [0.05, 0.1) is 0 Å². The van der Waals surface area contributed by atoms with Gasteiger partial charge in [0.15, 0.2) is 5.78 Å². The second-order valence-corrected chi connectivity index (χ2v) is 5.08. The Morgan fingerprint density at radius 1 is 1.11 bits per heavy atom. The van der Waals surface area contributed by atoms with Gasteiger partial charge in [-0.15, -0.1) is 0 Å². The molecule has 0 amide bonds. The second kappa shape index (κ2) is 5.27. The highest BCUT2D eigenvalue weighted by atomic mass is 16.3. The smallest absolute Gasteiger partial charge is 0.193 e. The molecule has 2 heteroatoms. The molecular weight excluding hydrogens is 236 g/mol. The van der Waals surface area contributed by atoms with Gasteiger partial charge in [-0.2, -0.15) is 0 Å². The third-order valence-corrected chi connectivity index (χ3v) is 3.27. The lowest BCUT2D eigenvalue weighted by Crippen LogP contribution is -2.07. The Balaban J connectivity index is 2.56. The zero-order valence-corrected chi connectivity index (χ0v) is 11.5. The third-order valence-electron chi connectivity index (χ3n) is 3.27. The summed E-state index contributed by atoms with van der Waals surface area (Å²) in [6.07, 6.45) is 0. The van der Waals surface area contributed by atoms with Crippen LogP contribution in [0.5, 0.6) is 5.75 Å².